The Morgan fingerprint density at radius 3 is 2.81 bits per heavy atom. The number of allylic oxidation sites excluding steroid dienone is 1. The van der Waals surface area contributed by atoms with Gasteiger partial charge in [0.15, 0.2) is 5.16 Å². The summed E-state index contributed by atoms with van der Waals surface area (Å²) in [6, 6.07) is 9.80. The second-order valence-corrected chi connectivity index (χ2v) is 6.00. The van der Waals surface area contributed by atoms with E-state index in [0.717, 1.165) is 22.3 Å². The Kier molecular flexibility index (Phi) is 7.11. The van der Waals surface area contributed by atoms with Crippen molar-refractivity contribution in [1.29, 1.82) is 0 Å². The normalized spacial score (nSPS) is 10.5. The SMILES string of the molecule is C=CC.CSc1nccc(-n2ccc3ccc(/C=C/C[N+](=O)[O-])cc32)n1. The molecule has 1 aromatic carbocycles. The molecule has 0 aliphatic carbocycles. The number of nitro groups is 1. The van der Waals surface area contributed by atoms with E-state index in [-0.39, 0.29) is 11.5 Å². The van der Waals surface area contributed by atoms with Crippen LogP contribution in [0.25, 0.3) is 22.8 Å². The molecule has 3 aromatic rings. The highest BCUT2D eigenvalue weighted by molar-refractivity contribution is 7.98. The second-order valence-electron chi connectivity index (χ2n) is 5.23. The molecule has 7 heteroatoms. The second kappa shape index (κ2) is 9.53. The Morgan fingerprint density at radius 1 is 1.35 bits per heavy atom. The van der Waals surface area contributed by atoms with Gasteiger partial charge in [0.05, 0.1) is 5.52 Å². The number of nitrogens with zero attached hydrogens (tertiary/aromatic N) is 4. The molecular weight excluding hydrogens is 348 g/mol. The third kappa shape index (κ3) is 5.03. The lowest BCUT2D eigenvalue weighted by atomic mass is 10.1. The van der Waals surface area contributed by atoms with Crippen LogP contribution >= 0.6 is 11.8 Å². The molecule has 2 aromatic heterocycles. The van der Waals surface area contributed by atoms with Crippen LogP contribution in [0.2, 0.25) is 0 Å². The first-order valence-corrected chi connectivity index (χ1v) is 9.15. The number of hydrogen-bond acceptors (Lipinski definition) is 5. The molecular formula is C19H20N4O2S. The van der Waals surface area contributed by atoms with Crippen LogP contribution < -0.4 is 0 Å². The number of benzene rings is 1. The van der Waals surface area contributed by atoms with E-state index in [1.807, 2.05) is 54.3 Å². The van der Waals surface area contributed by atoms with Gasteiger partial charge in [0, 0.05) is 22.7 Å². The first kappa shape index (κ1) is 19.4. The average molecular weight is 368 g/mol. The molecule has 0 bridgehead atoms. The Morgan fingerprint density at radius 2 is 2.12 bits per heavy atom. The zero-order chi connectivity index (χ0) is 18.9. The number of hydrogen-bond donors (Lipinski definition) is 0. The maximum absolute atomic E-state index is 10.4. The summed E-state index contributed by atoms with van der Waals surface area (Å²) in [5.74, 6) is 0.797. The summed E-state index contributed by atoms with van der Waals surface area (Å²) < 4.78 is 1.99. The first-order chi connectivity index (χ1) is 12.6. The fourth-order valence-corrected chi connectivity index (χ4v) is 2.64. The Bertz CT molecular complexity index is 934. The molecule has 134 valence electrons. The van der Waals surface area contributed by atoms with Crippen molar-refractivity contribution >= 4 is 28.7 Å². The van der Waals surface area contributed by atoms with Gasteiger partial charge in [0.25, 0.3) is 0 Å². The Hall–Kier alpha value is -2.93. The molecule has 0 saturated carbocycles. The van der Waals surface area contributed by atoms with Gasteiger partial charge in [-0.25, -0.2) is 9.97 Å². The fraction of sp³-hybridized carbons (Fsp3) is 0.158. The van der Waals surface area contributed by atoms with Crippen LogP contribution in [0.15, 0.2) is 66.6 Å². The topological polar surface area (TPSA) is 73.8 Å². The maximum Gasteiger partial charge on any atom is 0.222 e. The van der Waals surface area contributed by atoms with E-state index in [9.17, 15) is 10.1 Å². The van der Waals surface area contributed by atoms with Crippen molar-refractivity contribution in [2.45, 2.75) is 12.1 Å². The van der Waals surface area contributed by atoms with Crippen molar-refractivity contribution in [1.82, 2.24) is 14.5 Å². The van der Waals surface area contributed by atoms with E-state index < -0.39 is 0 Å². The van der Waals surface area contributed by atoms with Gasteiger partial charge in [-0.2, -0.15) is 0 Å². The largest absolute Gasteiger partial charge is 0.301 e. The number of rotatable bonds is 5. The molecule has 0 spiro atoms. The van der Waals surface area contributed by atoms with Crippen molar-refractivity contribution in [3.05, 3.63) is 77.1 Å². The smallest absolute Gasteiger partial charge is 0.222 e. The predicted octanol–water partition coefficient (Wildman–Crippen LogP) is 4.62. The lowest BCUT2D eigenvalue weighted by Gasteiger charge is -2.06. The highest BCUT2D eigenvalue weighted by Crippen LogP contribution is 2.22. The molecule has 26 heavy (non-hydrogen) atoms. The van der Waals surface area contributed by atoms with Gasteiger partial charge >= 0.3 is 0 Å². The number of aromatic nitrogens is 3. The lowest BCUT2D eigenvalue weighted by Crippen LogP contribution is -1.98. The summed E-state index contributed by atoms with van der Waals surface area (Å²) in [7, 11) is 0. The van der Waals surface area contributed by atoms with Crippen molar-refractivity contribution in [2.24, 2.45) is 0 Å². The van der Waals surface area contributed by atoms with Crippen LogP contribution in [0.3, 0.4) is 0 Å². The summed E-state index contributed by atoms with van der Waals surface area (Å²) >= 11 is 1.49. The standard InChI is InChI=1S/C16H14N4O2S.C3H6/c1-23-16-17-8-6-15(18-16)19-10-7-13-5-4-12(11-14(13)19)3-2-9-20(21)22;1-3-2/h2-8,10-11H,9H2,1H3;3H,1H2,2H3/b3-2+;. The van der Waals surface area contributed by atoms with E-state index in [1.165, 1.54) is 11.8 Å². The highest BCUT2D eigenvalue weighted by Gasteiger charge is 2.06. The third-order valence-corrected chi connectivity index (χ3v) is 3.89. The molecule has 6 nitrogen and oxygen atoms in total. The summed E-state index contributed by atoms with van der Waals surface area (Å²) in [5.41, 5.74) is 1.91. The van der Waals surface area contributed by atoms with E-state index >= 15 is 0 Å². The third-order valence-electron chi connectivity index (χ3n) is 3.33. The predicted molar refractivity (Wildman–Crippen MR) is 107 cm³/mol. The van der Waals surface area contributed by atoms with Crippen LogP contribution in [0, 0.1) is 10.1 Å². The summed E-state index contributed by atoms with van der Waals surface area (Å²) in [6.07, 6.45) is 10.7. The summed E-state index contributed by atoms with van der Waals surface area (Å²) in [6.45, 7) is 5.07. The first-order valence-electron chi connectivity index (χ1n) is 7.93. The van der Waals surface area contributed by atoms with E-state index in [1.54, 1.807) is 24.4 Å². The molecule has 0 fully saturated rings. The Labute approximate surface area is 156 Å². The monoisotopic (exact) mass is 368 g/mol. The number of thioether (sulfide) groups is 1. The molecule has 0 saturated heterocycles. The molecule has 0 unspecified atom stereocenters. The molecule has 0 aliphatic rings. The molecule has 2 heterocycles. The van der Waals surface area contributed by atoms with Gasteiger partial charge in [0.2, 0.25) is 6.54 Å². The van der Waals surface area contributed by atoms with Crippen molar-refractivity contribution < 1.29 is 4.92 Å². The molecule has 0 N–H and O–H groups in total. The minimum Gasteiger partial charge on any atom is -0.301 e. The minimum atomic E-state index is -0.359. The van der Waals surface area contributed by atoms with Gasteiger partial charge in [-0.15, -0.1) is 6.58 Å². The molecule has 3 rings (SSSR count). The van der Waals surface area contributed by atoms with Crippen LogP contribution in [0.4, 0.5) is 0 Å². The van der Waals surface area contributed by atoms with Crippen LogP contribution in [-0.4, -0.2) is 32.3 Å². The molecule has 0 aliphatic heterocycles. The minimum absolute atomic E-state index is 0.179. The van der Waals surface area contributed by atoms with Crippen LogP contribution in [-0.2, 0) is 0 Å². The van der Waals surface area contributed by atoms with Crippen LogP contribution in [0.1, 0.15) is 12.5 Å². The lowest BCUT2D eigenvalue weighted by molar-refractivity contribution is -0.468. The average Bonchev–Trinajstić information content (AvgIpc) is 3.05. The highest BCUT2D eigenvalue weighted by atomic mass is 32.2. The Balaban J connectivity index is 0.000000758. The zero-order valence-electron chi connectivity index (χ0n) is 14.7. The van der Waals surface area contributed by atoms with E-state index in [2.05, 4.69) is 16.5 Å². The van der Waals surface area contributed by atoms with Gasteiger partial charge in [0.1, 0.15) is 5.82 Å². The zero-order valence-corrected chi connectivity index (χ0v) is 15.5. The van der Waals surface area contributed by atoms with Crippen molar-refractivity contribution in [3.63, 3.8) is 0 Å². The van der Waals surface area contributed by atoms with Gasteiger partial charge < -0.3 is 4.57 Å². The van der Waals surface area contributed by atoms with Crippen molar-refractivity contribution in [3.8, 4) is 5.82 Å². The fourth-order valence-electron chi connectivity index (χ4n) is 2.29. The molecule has 0 amide bonds. The van der Waals surface area contributed by atoms with Gasteiger partial charge in [-0.3, -0.25) is 10.1 Å². The van der Waals surface area contributed by atoms with Gasteiger partial charge in [-0.1, -0.05) is 36.0 Å². The quantitative estimate of drug-likeness (QED) is 0.216. The maximum atomic E-state index is 10.4. The summed E-state index contributed by atoms with van der Waals surface area (Å²) in [4.78, 5) is 18.7. The summed E-state index contributed by atoms with van der Waals surface area (Å²) in [5, 5.41) is 12.2. The van der Waals surface area contributed by atoms with E-state index in [4.69, 9.17) is 0 Å². The molecule has 0 atom stereocenters. The van der Waals surface area contributed by atoms with Crippen LogP contribution in [0.5, 0.6) is 0 Å². The van der Waals surface area contributed by atoms with Gasteiger partial charge in [-0.05, 0) is 43.0 Å². The van der Waals surface area contributed by atoms with Crippen molar-refractivity contribution in [2.75, 3.05) is 12.8 Å². The van der Waals surface area contributed by atoms with E-state index in [0.29, 0.717) is 5.16 Å². The number of fused-ring (bicyclic) bond motifs is 1. The molecule has 0 radical (unpaired) electrons.